The van der Waals surface area contributed by atoms with Crippen LogP contribution < -0.4 is 0 Å². The Kier molecular flexibility index (Phi) is 6.48. The van der Waals surface area contributed by atoms with Crippen LogP contribution >= 0.6 is 71.3 Å². The maximum atomic E-state index is 9.39. The molecule has 0 aliphatic heterocycles. The molecular weight excluding hydrogens is 393 g/mol. The van der Waals surface area contributed by atoms with E-state index in [9.17, 15) is 10.2 Å². The van der Waals surface area contributed by atoms with Crippen LogP contribution in [0.25, 0.3) is 0 Å². The second-order valence-electron chi connectivity index (χ2n) is 4.14. The van der Waals surface area contributed by atoms with Gasteiger partial charge in [0.2, 0.25) is 0 Å². The SMILES string of the molecule is Oc1ccc(C(=S)SSC(=S)c2ccc(O)cc2S)c(S)c1. The molecule has 2 aromatic rings. The number of thiol groups is 2. The maximum Gasteiger partial charge on any atom is 0.116 e. The van der Waals surface area contributed by atoms with Gasteiger partial charge < -0.3 is 10.2 Å². The van der Waals surface area contributed by atoms with Crippen LogP contribution in [0, 0.1) is 0 Å². The predicted octanol–water partition coefficient (Wildman–Crippen LogP) is 5.11. The molecule has 0 aliphatic carbocycles. The van der Waals surface area contributed by atoms with Crippen LogP contribution in [0.5, 0.6) is 11.5 Å². The number of phenols is 2. The molecule has 0 heterocycles. The standard InChI is InChI=1S/C14H10O2S6/c15-7-1-3-9(11(17)5-7)13(19)21-22-14(20)10-4-2-8(16)6-12(10)18/h1-6,15-18H. The Morgan fingerprint density at radius 1 is 0.773 bits per heavy atom. The van der Waals surface area contributed by atoms with E-state index >= 15 is 0 Å². The smallest absolute Gasteiger partial charge is 0.116 e. The summed E-state index contributed by atoms with van der Waals surface area (Å²) in [6, 6.07) is 9.66. The van der Waals surface area contributed by atoms with Crippen LogP contribution in [0.15, 0.2) is 46.2 Å². The van der Waals surface area contributed by atoms with Crippen molar-refractivity contribution in [3.05, 3.63) is 47.5 Å². The van der Waals surface area contributed by atoms with Gasteiger partial charge in [-0.15, -0.1) is 25.3 Å². The second kappa shape index (κ2) is 7.94. The van der Waals surface area contributed by atoms with Gasteiger partial charge in [-0.2, -0.15) is 0 Å². The average Bonchev–Trinajstić information content (AvgIpc) is 2.44. The first kappa shape index (κ1) is 18.0. The molecule has 0 radical (unpaired) electrons. The van der Waals surface area contributed by atoms with E-state index < -0.39 is 0 Å². The lowest BCUT2D eigenvalue weighted by Crippen LogP contribution is -1.95. The molecule has 2 aromatic carbocycles. The largest absolute Gasteiger partial charge is 0.508 e. The number of aromatic hydroxyl groups is 2. The van der Waals surface area contributed by atoms with Crippen LogP contribution in [0.1, 0.15) is 11.1 Å². The summed E-state index contributed by atoms with van der Waals surface area (Å²) in [5.41, 5.74) is 1.54. The molecule has 8 heteroatoms. The van der Waals surface area contributed by atoms with Crippen molar-refractivity contribution in [2.75, 3.05) is 0 Å². The van der Waals surface area contributed by atoms with Crippen molar-refractivity contribution in [3.8, 4) is 11.5 Å². The van der Waals surface area contributed by atoms with Crippen LogP contribution in [-0.4, -0.2) is 18.6 Å². The van der Waals surface area contributed by atoms with Gasteiger partial charge in [0.05, 0.1) is 8.39 Å². The first-order valence-electron chi connectivity index (χ1n) is 5.85. The highest BCUT2D eigenvalue weighted by Crippen LogP contribution is 2.35. The lowest BCUT2D eigenvalue weighted by Gasteiger charge is -2.09. The third kappa shape index (κ3) is 4.56. The van der Waals surface area contributed by atoms with Gasteiger partial charge in [0.15, 0.2) is 0 Å². The van der Waals surface area contributed by atoms with Crippen LogP contribution in [-0.2, 0) is 0 Å². The first-order chi connectivity index (χ1) is 10.4. The van der Waals surface area contributed by atoms with Gasteiger partial charge in [-0.05, 0) is 58.0 Å². The van der Waals surface area contributed by atoms with Gasteiger partial charge in [0.1, 0.15) is 11.5 Å². The Hall–Kier alpha value is -0.380. The maximum absolute atomic E-state index is 9.39. The Balaban J connectivity index is 2.06. The highest BCUT2D eigenvalue weighted by Gasteiger charge is 2.12. The second-order valence-corrected chi connectivity index (χ2v) is 8.59. The highest BCUT2D eigenvalue weighted by molar-refractivity contribution is 8.90. The molecule has 0 aliphatic rings. The fourth-order valence-electron chi connectivity index (χ4n) is 1.55. The van der Waals surface area contributed by atoms with Crippen molar-refractivity contribution in [1.29, 1.82) is 0 Å². The minimum atomic E-state index is 0.147. The Morgan fingerprint density at radius 3 is 1.45 bits per heavy atom. The lowest BCUT2D eigenvalue weighted by atomic mass is 10.2. The lowest BCUT2D eigenvalue weighted by molar-refractivity contribution is 0.473. The van der Waals surface area contributed by atoms with Gasteiger partial charge >= 0.3 is 0 Å². The van der Waals surface area contributed by atoms with Gasteiger partial charge in [-0.25, -0.2) is 0 Å². The number of phenolic OH excluding ortho intramolecular Hbond substituents is 2. The van der Waals surface area contributed by atoms with E-state index in [0.29, 0.717) is 18.2 Å². The molecule has 0 atom stereocenters. The van der Waals surface area contributed by atoms with E-state index in [-0.39, 0.29) is 11.5 Å². The fraction of sp³-hybridized carbons (Fsp3) is 0. The molecule has 2 rings (SSSR count). The van der Waals surface area contributed by atoms with Crippen LogP contribution in [0.2, 0.25) is 0 Å². The first-order valence-corrected chi connectivity index (χ1v) is 9.71. The molecule has 2 nitrogen and oxygen atoms in total. The number of thiocarbonyl (C=S) groups is 2. The Morgan fingerprint density at radius 2 is 1.14 bits per heavy atom. The molecule has 0 unspecified atom stereocenters. The Labute approximate surface area is 157 Å². The molecule has 22 heavy (non-hydrogen) atoms. The van der Waals surface area contributed by atoms with E-state index in [1.807, 2.05) is 0 Å². The summed E-state index contributed by atoms with van der Waals surface area (Å²) >= 11 is 19.3. The Bertz CT molecular complexity index is 681. The summed E-state index contributed by atoms with van der Waals surface area (Å²) in [6.07, 6.45) is 0. The normalized spacial score (nSPS) is 10.5. The van der Waals surface area contributed by atoms with E-state index in [2.05, 4.69) is 25.3 Å². The molecule has 0 saturated heterocycles. The quantitative estimate of drug-likeness (QED) is 0.318. The van der Waals surface area contributed by atoms with Gasteiger partial charge in [-0.3, -0.25) is 0 Å². The summed E-state index contributed by atoms with van der Waals surface area (Å²) in [7, 11) is 2.69. The minimum Gasteiger partial charge on any atom is -0.508 e. The van der Waals surface area contributed by atoms with Crippen LogP contribution in [0.3, 0.4) is 0 Å². The summed E-state index contributed by atoms with van der Waals surface area (Å²) in [5, 5.41) is 18.8. The third-order valence-corrected chi connectivity index (χ3v) is 6.98. The van der Waals surface area contributed by atoms with E-state index in [1.165, 1.54) is 21.6 Å². The van der Waals surface area contributed by atoms with Gasteiger partial charge in [-0.1, -0.05) is 24.4 Å². The number of rotatable bonds is 2. The highest BCUT2D eigenvalue weighted by atomic mass is 33.1. The fourth-order valence-corrected chi connectivity index (χ4v) is 5.14. The molecule has 0 spiro atoms. The average molecular weight is 403 g/mol. The molecule has 0 saturated carbocycles. The molecule has 0 aromatic heterocycles. The van der Waals surface area contributed by atoms with Gasteiger partial charge in [0.25, 0.3) is 0 Å². The molecule has 2 N–H and O–H groups in total. The van der Waals surface area contributed by atoms with E-state index in [1.54, 1.807) is 36.4 Å². The summed E-state index contributed by atoms with van der Waals surface area (Å²) in [5.74, 6) is 0.294. The van der Waals surface area contributed by atoms with Gasteiger partial charge in [0, 0.05) is 20.9 Å². The molecular formula is C14H10O2S6. The monoisotopic (exact) mass is 402 g/mol. The van der Waals surface area contributed by atoms with E-state index in [0.717, 1.165) is 11.1 Å². The van der Waals surface area contributed by atoms with Crippen molar-refractivity contribution >= 4 is 79.7 Å². The number of benzene rings is 2. The predicted molar refractivity (Wildman–Crippen MR) is 109 cm³/mol. The summed E-state index contributed by atoms with van der Waals surface area (Å²) in [4.78, 5) is 1.23. The summed E-state index contributed by atoms with van der Waals surface area (Å²) < 4.78 is 1.24. The molecule has 114 valence electrons. The van der Waals surface area contributed by atoms with E-state index in [4.69, 9.17) is 24.4 Å². The van der Waals surface area contributed by atoms with Crippen molar-refractivity contribution in [2.24, 2.45) is 0 Å². The zero-order valence-electron chi connectivity index (χ0n) is 10.9. The number of hydrogen-bond acceptors (Lipinski definition) is 8. The van der Waals surface area contributed by atoms with Crippen LogP contribution in [0.4, 0.5) is 0 Å². The topological polar surface area (TPSA) is 40.5 Å². The molecule has 0 fully saturated rings. The number of hydrogen-bond donors (Lipinski definition) is 4. The zero-order valence-corrected chi connectivity index (χ0v) is 15.9. The zero-order chi connectivity index (χ0) is 16.3. The third-order valence-electron chi connectivity index (χ3n) is 2.60. The summed E-state index contributed by atoms with van der Waals surface area (Å²) in [6.45, 7) is 0. The molecule has 0 amide bonds. The van der Waals surface area contributed by atoms with Crippen molar-refractivity contribution < 1.29 is 10.2 Å². The van der Waals surface area contributed by atoms with Crippen molar-refractivity contribution in [1.82, 2.24) is 0 Å². The van der Waals surface area contributed by atoms with Crippen molar-refractivity contribution in [2.45, 2.75) is 9.79 Å². The van der Waals surface area contributed by atoms with Crippen molar-refractivity contribution in [3.63, 3.8) is 0 Å². The minimum absolute atomic E-state index is 0.147. The molecule has 0 bridgehead atoms.